The summed E-state index contributed by atoms with van der Waals surface area (Å²) in [4.78, 5) is 2.53. The number of phenolic OH excluding ortho intramolecular Hbond substituents is 1. The molecule has 25 heavy (non-hydrogen) atoms. The van der Waals surface area contributed by atoms with E-state index in [9.17, 15) is 5.11 Å². The second kappa shape index (κ2) is 6.61. The van der Waals surface area contributed by atoms with Crippen molar-refractivity contribution in [3.63, 3.8) is 0 Å². The molecular weight excluding hydrogens is 306 g/mol. The van der Waals surface area contributed by atoms with Gasteiger partial charge in [0.1, 0.15) is 5.75 Å². The van der Waals surface area contributed by atoms with Crippen molar-refractivity contribution in [1.29, 1.82) is 0 Å². The lowest BCUT2D eigenvalue weighted by atomic mass is 9.78. The minimum Gasteiger partial charge on any atom is -0.507 e. The number of rotatable bonds is 2. The quantitative estimate of drug-likeness (QED) is 0.670. The zero-order valence-electron chi connectivity index (χ0n) is 18.8. The van der Waals surface area contributed by atoms with Crippen molar-refractivity contribution in [2.24, 2.45) is 0 Å². The molecule has 0 amide bonds. The highest BCUT2D eigenvalue weighted by atomic mass is 16.3. The predicted octanol–water partition coefficient (Wildman–Crippen LogP) is 6.39. The van der Waals surface area contributed by atoms with E-state index in [4.69, 9.17) is 0 Å². The molecule has 0 aliphatic rings. The van der Waals surface area contributed by atoms with Crippen LogP contribution in [0, 0.1) is 0 Å². The molecular formula is C23H41NO. The molecule has 0 atom stereocenters. The van der Waals surface area contributed by atoms with Crippen molar-refractivity contribution in [3.05, 3.63) is 28.8 Å². The third-order valence-corrected chi connectivity index (χ3v) is 4.75. The Morgan fingerprint density at radius 2 is 1.00 bits per heavy atom. The second-order valence-corrected chi connectivity index (χ2v) is 11.5. The topological polar surface area (TPSA) is 23.5 Å². The summed E-state index contributed by atoms with van der Waals surface area (Å²) in [6, 6.07) is 4.41. The molecule has 0 aromatic heterocycles. The van der Waals surface area contributed by atoms with Gasteiger partial charge in [0.05, 0.1) is 0 Å². The van der Waals surface area contributed by atoms with Crippen LogP contribution in [0.25, 0.3) is 0 Å². The number of hydrogen-bond acceptors (Lipinski definition) is 2. The zero-order valence-corrected chi connectivity index (χ0v) is 18.8. The molecule has 0 aliphatic heterocycles. The standard InChI is InChI=1S/C23H41NO/c1-20(2,3)17-13-16(14-18(19(17)25)21(4,5)6)15-24(22(7,8)9)23(10,11)12/h13-14,25H,15H2,1-12H3. The molecule has 0 radical (unpaired) electrons. The van der Waals surface area contributed by atoms with E-state index >= 15 is 0 Å². The average Bonchev–Trinajstić information content (AvgIpc) is 2.31. The van der Waals surface area contributed by atoms with E-state index in [0.29, 0.717) is 5.75 Å². The summed E-state index contributed by atoms with van der Waals surface area (Å²) in [6.45, 7) is 27.5. The lowest BCUT2D eigenvalue weighted by molar-refractivity contribution is 0.0297. The van der Waals surface area contributed by atoms with E-state index in [2.05, 4.69) is 100 Å². The number of nitrogens with zero attached hydrogens (tertiary/aromatic N) is 1. The van der Waals surface area contributed by atoms with Crippen molar-refractivity contribution >= 4 is 0 Å². The molecule has 1 N–H and O–H groups in total. The Balaban J connectivity index is 3.56. The molecule has 0 aliphatic carbocycles. The van der Waals surface area contributed by atoms with Gasteiger partial charge in [-0.05, 0) is 69.1 Å². The highest BCUT2D eigenvalue weighted by molar-refractivity contribution is 5.50. The van der Waals surface area contributed by atoms with Gasteiger partial charge in [-0.2, -0.15) is 0 Å². The van der Waals surface area contributed by atoms with Crippen molar-refractivity contribution in [1.82, 2.24) is 4.90 Å². The highest BCUT2D eigenvalue weighted by Crippen LogP contribution is 2.40. The maximum absolute atomic E-state index is 10.9. The number of hydrogen-bond donors (Lipinski definition) is 1. The lowest BCUT2D eigenvalue weighted by Crippen LogP contribution is -2.51. The monoisotopic (exact) mass is 347 g/mol. The molecule has 0 heterocycles. The first-order chi connectivity index (χ1) is 10.8. The van der Waals surface area contributed by atoms with E-state index in [1.54, 1.807) is 0 Å². The Labute approximate surface area is 156 Å². The van der Waals surface area contributed by atoms with Gasteiger partial charge in [0.25, 0.3) is 0 Å². The van der Waals surface area contributed by atoms with E-state index in [-0.39, 0.29) is 21.9 Å². The number of phenols is 1. The summed E-state index contributed by atoms with van der Waals surface area (Å²) in [5, 5.41) is 10.9. The fraction of sp³-hybridized carbons (Fsp3) is 0.739. The van der Waals surface area contributed by atoms with Crippen LogP contribution in [0.2, 0.25) is 0 Å². The van der Waals surface area contributed by atoms with Gasteiger partial charge in [-0.3, -0.25) is 4.90 Å². The largest absolute Gasteiger partial charge is 0.507 e. The van der Waals surface area contributed by atoms with Gasteiger partial charge in [-0.25, -0.2) is 0 Å². The average molecular weight is 348 g/mol. The summed E-state index contributed by atoms with van der Waals surface area (Å²) >= 11 is 0. The Hall–Kier alpha value is -1.02. The summed E-state index contributed by atoms with van der Waals surface area (Å²) in [5.41, 5.74) is 3.32. The van der Waals surface area contributed by atoms with Crippen LogP contribution in [-0.4, -0.2) is 21.1 Å². The van der Waals surface area contributed by atoms with Crippen LogP contribution in [0.4, 0.5) is 0 Å². The highest BCUT2D eigenvalue weighted by Gasteiger charge is 2.33. The maximum atomic E-state index is 10.9. The molecule has 0 fully saturated rings. The van der Waals surface area contributed by atoms with E-state index < -0.39 is 0 Å². The molecule has 0 saturated carbocycles. The summed E-state index contributed by atoms with van der Waals surface area (Å²) in [7, 11) is 0. The normalized spacial score (nSPS) is 14.3. The SMILES string of the molecule is CC(C)(C)c1cc(CN(C(C)(C)C)C(C)(C)C)cc(C(C)(C)C)c1O. The summed E-state index contributed by atoms with van der Waals surface area (Å²) in [6.07, 6.45) is 0. The molecule has 0 unspecified atom stereocenters. The first-order valence-corrected chi connectivity index (χ1v) is 9.50. The molecule has 0 spiro atoms. The fourth-order valence-electron chi connectivity index (χ4n) is 3.59. The van der Waals surface area contributed by atoms with Gasteiger partial charge in [-0.15, -0.1) is 0 Å². The van der Waals surface area contributed by atoms with Gasteiger partial charge >= 0.3 is 0 Å². The summed E-state index contributed by atoms with van der Waals surface area (Å²) in [5.74, 6) is 0.460. The molecule has 0 bridgehead atoms. The van der Waals surface area contributed by atoms with E-state index in [0.717, 1.165) is 17.7 Å². The Morgan fingerprint density at radius 1 is 0.680 bits per heavy atom. The first-order valence-electron chi connectivity index (χ1n) is 9.50. The molecule has 2 heteroatoms. The third kappa shape index (κ3) is 5.48. The van der Waals surface area contributed by atoms with Gasteiger partial charge in [0, 0.05) is 17.6 Å². The Kier molecular flexibility index (Phi) is 5.82. The first kappa shape index (κ1) is 22.0. The van der Waals surface area contributed by atoms with Crippen LogP contribution in [-0.2, 0) is 17.4 Å². The van der Waals surface area contributed by atoms with Gasteiger partial charge in [0.2, 0.25) is 0 Å². The van der Waals surface area contributed by atoms with Crippen molar-refractivity contribution in [2.45, 2.75) is 112 Å². The third-order valence-electron chi connectivity index (χ3n) is 4.75. The Bertz CT molecular complexity index is 552. The van der Waals surface area contributed by atoms with E-state index in [1.807, 2.05) is 0 Å². The van der Waals surface area contributed by atoms with Crippen molar-refractivity contribution in [2.75, 3.05) is 0 Å². The molecule has 1 aromatic carbocycles. The van der Waals surface area contributed by atoms with Crippen LogP contribution >= 0.6 is 0 Å². The smallest absolute Gasteiger partial charge is 0.123 e. The number of aromatic hydroxyl groups is 1. The number of benzene rings is 1. The molecule has 1 aromatic rings. The van der Waals surface area contributed by atoms with Crippen LogP contribution < -0.4 is 0 Å². The summed E-state index contributed by atoms with van der Waals surface area (Å²) < 4.78 is 0. The molecule has 0 saturated heterocycles. The van der Waals surface area contributed by atoms with Crippen molar-refractivity contribution in [3.8, 4) is 5.75 Å². The molecule has 144 valence electrons. The van der Waals surface area contributed by atoms with Crippen LogP contribution in [0.15, 0.2) is 12.1 Å². The molecule has 2 nitrogen and oxygen atoms in total. The maximum Gasteiger partial charge on any atom is 0.123 e. The van der Waals surface area contributed by atoms with Crippen LogP contribution in [0.1, 0.15) is 99.8 Å². The van der Waals surface area contributed by atoms with Crippen LogP contribution in [0.5, 0.6) is 5.75 Å². The van der Waals surface area contributed by atoms with E-state index in [1.165, 1.54) is 5.56 Å². The minimum atomic E-state index is -0.0889. The fourth-order valence-corrected chi connectivity index (χ4v) is 3.59. The van der Waals surface area contributed by atoms with Gasteiger partial charge in [0.15, 0.2) is 0 Å². The molecule has 1 rings (SSSR count). The second-order valence-electron chi connectivity index (χ2n) is 11.5. The van der Waals surface area contributed by atoms with Gasteiger partial charge < -0.3 is 5.11 Å². The Morgan fingerprint density at radius 3 is 1.24 bits per heavy atom. The zero-order chi connectivity index (χ0) is 20.0. The van der Waals surface area contributed by atoms with Crippen LogP contribution in [0.3, 0.4) is 0 Å². The lowest BCUT2D eigenvalue weighted by Gasteiger charge is -2.45. The van der Waals surface area contributed by atoms with Crippen molar-refractivity contribution < 1.29 is 5.11 Å². The minimum absolute atomic E-state index is 0.0694. The van der Waals surface area contributed by atoms with Gasteiger partial charge in [-0.1, -0.05) is 53.7 Å². The predicted molar refractivity (Wildman–Crippen MR) is 111 cm³/mol.